The van der Waals surface area contributed by atoms with Crippen LogP contribution in [-0.2, 0) is 6.54 Å². The maximum atomic E-state index is 13.6. The number of benzene rings is 1. The summed E-state index contributed by atoms with van der Waals surface area (Å²) < 4.78 is 67.2. The standard InChI is InChI=1S/C15H11F5N2O3/c16-9-4-10(17)13(11(23)5-9)14(24)22-6-8-1-2-21-12(3-8)25-7-15(18,19)20/h1-5,23H,6-7H2,(H,22,24). The van der Waals surface area contributed by atoms with E-state index in [9.17, 15) is 31.9 Å². The number of ether oxygens (including phenoxy) is 1. The molecule has 2 rings (SSSR count). The topological polar surface area (TPSA) is 71.5 Å². The Hall–Kier alpha value is -2.91. The van der Waals surface area contributed by atoms with Gasteiger partial charge < -0.3 is 15.2 Å². The van der Waals surface area contributed by atoms with Gasteiger partial charge in [0.05, 0.1) is 0 Å². The SMILES string of the molecule is O=C(NCc1ccnc(OCC(F)(F)F)c1)c1c(O)cc(F)cc1F. The molecule has 1 aromatic carbocycles. The van der Waals surface area contributed by atoms with Crippen molar-refractivity contribution in [3.8, 4) is 11.6 Å². The molecule has 2 N–H and O–H groups in total. The molecule has 0 spiro atoms. The Kier molecular flexibility index (Phi) is 5.40. The number of phenols is 1. The first kappa shape index (κ1) is 18.4. The van der Waals surface area contributed by atoms with Crippen molar-refractivity contribution in [3.63, 3.8) is 0 Å². The second-order valence-electron chi connectivity index (χ2n) is 4.87. The zero-order valence-corrected chi connectivity index (χ0v) is 12.4. The van der Waals surface area contributed by atoms with Crippen molar-refractivity contribution < 1.29 is 36.6 Å². The van der Waals surface area contributed by atoms with E-state index in [0.29, 0.717) is 17.7 Å². The van der Waals surface area contributed by atoms with E-state index in [1.54, 1.807) is 0 Å². The summed E-state index contributed by atoms with van der Waals surface area (Å²) in [4.78, 5) is 15.5. The Morgan fingerprint density at radius 1 is 1.24 bits per heavy atom. The van der Waals surface area contributed by atoms with E-state index in [1.807, 2.05) is 0 Å². The molecule has 1 heterocycles. The van der Waals surface area contributed by atoms with Gasteiger partial charge in [0.25, 0.3) is 5.91 Å². The molecule has 25 heavy (non-hydrogen) atoms. The van der Waals surface area contributed by atoms with Crippen LogP contribution in [0, 0.1) is 11.6 Å². The maximum absolute atomic E-state index is 13.6. The van der Waals surface area contributed by atoms with Crippen molar-refractivity contribution in [2.75, 3.05) is 6.61 Å². The summed E-state index contributed by atoms with van der Waals surface area (Å²) in [6, 6.07) is 3.56. The minimum absolute atomic E-state index is 0.208. The first-order valence-corrected chi connectivity index (χ1v) is 6.76. The van der Waals surface area contributed by atoms with E-state index in [-0.39, 0.29) is 12.4 Å². The zero-order chi connectivity index (χ0) is 18.6. The summed E-state index contributed by atoms with van der Waals surface area (Å²) in [7, 11) is 0. The van der Waals surface area contributed by atoms with Gasteiger partial charge in [-0.25, -0.2) is 13.8 Å². The third kappa shape index (κ3) is 5.30. The molecule has 0 aliphatic carbocycles. The maximum Gasteiger partial charge on any atom is 0.422 e. The lowest BCUT2D eigenvalue weighted by atomic mass is 10.1. The van der Waals surface area contributed by atoms with Crippen LogP contribution in [0.15, 0.2) is 30.5 Å². The van der Waals surface area contributed by atoms with E-state index in [4.69, 9.17) is 0 Å². The Bertz CT molecular complexity index is 757. The molecule has 0 unspecified atom stereocenters. The van der Waals surface area contributed by atoms with Gasteiger partial charge in [0.2, 0.25) is 5.88 Å². The molecular weight excluding hydrogens is 351 g/mol. The Labute approximate surface area is 138 Å². The summed E-state index contributed by atoms with van der Waals surface area (Å²) in [5, 5.41) is 11.7. The fourth-order valence-electron chi connectivity index (χ4n) is 1.85. The van der Waals surface area contributed by atoms with Gasteiger partial charge in [-0.1, -0.05) is 0 Å². The largest absolute Gasteiger partial charge is 0.507 e. The van der Waals surface area contributed by atoms with Gasteiger partial charge in [-0.15, -0.1) is 0 Å². The van der Waals surface area contributed by atoms with E-state index in [0.717, 1.165) is 6.07 Å². The van der Waals surface area contributed by atoms with Gasteiger partial charge in [0.15, 0.2) is 6.61 Å². The molecule has 0 saturated carbocycles. The van der Waals surface area contributed by atoms with Crippen LogP contribution in [0.4, 0.5) is 22.0 Å². The summed E-state index contributed by atoms with van der Waals surface area (Å²) in [5.74, 6) is -4.51. The Morgan fingerprint density at radius 3 is 2.60 bits per heavy atom. The van der Waals surface area contributed by atoms with E-state index in [2.05, 4.69) is 15.0 Å². The molecule has 134 valence electrons. The molecule has 1 aromatic heterocycles. The number of nitrogens with zero attached hydrogens (tertiary/aromatic N) is 1. The van der Waals surface area contributed by atoms with Crippen molar-refractivity contribution in [2.24, 2.45) is 0 Å². The Balaban J connectivity index is 2.03. The summed E-state index contributed by atoms with van der Waals surface area (Å²) >= 11 is 0. The van der Waals surface area contributed by atoms with Crippen LogP contribution in [-0.4, -0.2) is 28.8 Å². The van der Waals surface area contributed by atoms with Crippen LogP contribution in [0.2, 0.25) is 0 Å². The van der Waals surface area contributed by atoms with E-state index >= 15 is 0 Å². The van der Waals surface area contributed by atoms with E-state index < -0.39 is 41.6 Å². The molecular formula is C15H11F5N2O3. The van der Waals surface area contributed by atoms with Crippen molar-refractivity contribution in [3.05, 3.63) is 53.2 Å². The van der Waals surface area contributed by atoms with E-state index in [1.165, 1.54) is 12.3 Å². The lowest BCUT2D eigenvalue weighted by molar-refractivity contribution is -0.154. The predicted molar refractivity (Wildman–Crippen MR) is 75.0 cm³/mol. The van der Waals surface area contributed by atoms with Gasteiger partial charge in [-0.2, -0.15) is 13.2 Å². The van der Waals surface area contributed by atoms with Crippen molar-refractivity contribution >= 4 is 5.91 Å². The van der Waals surface area contributed by atoms with Crippen LogP contribution < -0.4 is 10.1 Å². The molecule has 0 fully saturated rings. The van der Waals surface area contributed by atoms with Crippen LogP contribution in [0.1, 0.15) is 15.9 Å². The van der Waals surface area contributed by atoms with Crippen LogP contribution >= 0.6 is 0 Å². The van der Waals surface area contributed by atoms with Crippen molar-refractivity contribution in [2.45, 2.75) is 12.7 Å². The molecule has 0 atom stereocenters. The highest BCUT2D eigenvalue weighted by molar-refractivity contribution is 5.97. The molecule has 2 aromatic rings. The number of halogens is 5. The van der Waals surface area contributed by atoms with Gasteiger partial charge in [-0.05, 0) is 11.6 Å². The third-order valence-corrected chi connectivity index (χ3v) is 2.90. The van der Waals surface area contributed by atoms with Crippen LogP contribution in [0.25, 0.3) is 0 Å². The number of phenolic OH excluding ortho intramolecular Hbond substituents is 1. The number of aromatic hydroxyl groups is 1. The first-order valence-electron chi connectivity index (χ1n) is 6.76. The fourth-order valence-corrected chi connectivity index (χ4v) is 1.85. The molecule has 0 aliphatic heterocycles. The highest BCUT2D eigenvalue weighted by Crippen LogP contribution is 2.22. The minimum atomic E-state index is -4.52. The third-order valence-electron chi connectivity index (χ3n) is 2.90. The number of pyridine rings is 1. The van der Waals surface area contributed by atoms with Gasteiger partial charge in [0.1, 0.15) is 22.9 Å². The molecule has 0 aliphatic rings. The predicted octanol–water partition coefficient (Wildman–Crippen LogP) is 2.94. The van der Waals surface area contributed by atoms with Crippen molar-refractivity contribution in [1.82, 2.24) is 10.3 Å². The van der Waals surface area contributed by atoms with Gasteiger partial charge >= 0.3 is 6.18 Å². The lowest BCUT2D eigenvalue weighted by Crippen LogP contribution is -2.24. The van der Waals surface area contributed by atoms with Gasteiger partial charge in [0, 0.05) is 30.9 Å². The fraction of sp³-hybridized carbons (Fsp3) is 0.200. The normalized spacial score (nSPS) is 11.2. The Morgan fingerprint density at radius 2 is 1.96 bits per heavy atom. The van der Waals surface area contributed by atoms with Crippen LogP contribution in [0.5, 0.6) is 11.6 Å². The molecule has 10 heteroatoms. The second-order valence-corrected chi connectivity index (χ2v) is 4.87. The molecule has 0 radical (unpaired) electrons. The number of alkyl halides is 3. The van der Waals surface area contributed by atoms with Crippen molar-refractivity contribution in [1.29, 1.82) is 0 Å². The summed E-state index contributed by atoms with van der Waals surface area (Å²) in [6.07, 6.45) is -3.35. The average Bonchev–Trinajstić information content (AvgIpc) is 2.50. The number of carbonyl (C=O) groups is 1. The quantitative estimate of drug-likeness (QED) is 0.803. The number of amides is 1. The highest BCUT2D eigenvalue weighted by atomic mass is 19.4. The average molecular weight is 362 g/mol. The summed E-state index contributed by atoms with van der Waals surface area (Å²) in [6.45, 7) is -1.73. The number of carbonyl (C=O) groups excluding carboxylic acids is 1. The number of nitrogens with one attached hydrogen (secondary N) is 1. The number of aromatic nitrogens is 1. The zero-order valence-electron chi connectivity index (χ0n) is 12.4. The summed E-state index contributed by atoms with van der Waals surface area (Å²) in [5.41, 5.74) is -0.425. The second kappa shape index (κ2) is 7.32. The lowest BCUT2D eigenvalue weighted by Gasteiger charge is -2.10. The number of rotatable bonds is 5. The number of hydrogen-bond donors (Lipinski definition) is 2. The molecule has 1 amide bonds. The molecule has 0 bridgehead atoms. The first-order chi connectivity index (χ1) is 11.7. The minimum Gasteiger partial charge on any atom is -0.507 e. The highest BCUT2D eigenvalue weighted by Gasteiger charge is 2.28. The number of hydrogen-bond acceptors (Lipinski definition) is 4. The van der Waals surface area contributed by atoms with Gasteiger partial charge in [-0.3, -0.25) is 4.79 Å². The monoisotopic (exact) mass is 362 g/mol. The molecule has 5 nitrogen and oxygen atoms in total. The smallest absolute Gasteiger partial charge is 0.422 e. The van der Waals surface area contributed by atoms with Crippen LogP contribution in [0.3, 0.4) is 0 Å². The molecule has 0 saturated heterocycles.